The highest BCUT2D eigenvalue weighted by Crippen LogP contribution is 2.32. The highest BCUT2D eigenvalue weighted by Gasteiger charge is 2.22. The first-order chi connectivity index (χ1) is 9.47. The van der Waals surface area contributed by atoms with Crippen molar-refractivity contribution >= 4 is 11.0 Å². The lowest BCUT2D eigenvalue weighted by Gasteiger charge is -2.08. The molecule has 4 heteroatoms. The van der Waals surface area contributed by atoms with E-state index in [1.165, 1.54) is 12.1 Å². The molecule has 0 saturated carbocycles. The molecule has 0 spiro atoms. The second-order valence-corrected chi connectivity index (χ2v) is 5.06. The van der Waals surface area contributed by atoms with Crippen molar-refractivity contribution in [1.82, 2.24) is 0 Å². The van der Waals surface area contributed by atoms with E-state index in [9.17, 15) is 4.39 Å². The van der Waals surface area contributed by atoms with Gasteiger partial charge in [0.15, 0.2) is 0 Å². The quantitative estimate of drug-likeness (QED) is 0.763. The normalized spacial score (nSPS) is 13.1. The summed E-state index contributed by atoms with van der Waals surface area (Å²) in [4.78, 5) is 0. The summed E-state index contributed by atoms with van der Waals surface area (Å²) in [7, 11) is 0. The van der Waals surface area contributed by atoms with Crippen LogP contribution < -0.4 is 5.73 Å². The minimum Gasteiger partial charge on any atom is -0.466 e. The van der Waals surface area contributed by atoms with E-state index >= 15 is 0 Å². The van der Waals surface area contributed by atoms with Crippen molar-refractivity contribution in [3.05, 3.63) is 58.5 Å². The number of benzene rings is 1. The molecule has 20 heavy (non-hydrogen) atoms. The molecule has 1 atom stereocenters. The predicted molar refractivity (Wildman–Crippen MR) is 75.1 cm³/mol. The summed E-state index contributed by atoms with van der Waals surface area (Å²) in [6.07, 6.45) is 0. The number of fused-ring (bicyclic) bond motifs is 1. The Kier molecular flexibility index (Phi) is 2.91. The molecule has 0 amide bonds. The molecular weight excluding hydrogens is 257 g/mol. The van der Waals surface area contributed by atoms with Crippen LogP contribution in [0.4, 0.5) is 4.39 Å². The van der Waals surface area contributed by atoms with Gasteiger partial charge in [-0.3, -0.25) is 0 Å². The topological polar surface area (TPSA) is 52.3 Å². The number of rotatable bonds is 2. The fourth-order valence-electron chi connectivity index (χ4n) is 2.60. The van der Waals surface area contributed by atoms with Gasteiger partial charge in [0, 0.05) is 10.9 Å². The van der Waals surface area contributed by atoms with Crippen molar-refractivity contribution in [2.45, 2.75) is 26.8 Å². The summed E-state index contributed by atoms with van der Waals surface area (Å²) in [5.74, 6) is 1.97. The Morgan fingerprint density at radius 2 is 1.80 bits per heavy atom. The van der Waals surface area contributed by atoms with E-state index in [-0.39, 0.29) is 5.82 Å². The SMILES string of the molecule is Cc1oc(C)c(C(N)c2cc3cc(F)ccc3o2)c1C. The summed E-state index contributed by atoms with van der Waals surface area (Å²) < 4.78 is 24.5. The van der Waals surface area contributed by atoms with Gasteiger partial charge in [-0.15, -0.1) is 0 Å². The van der Waals surface area contributed by atoms with Crippen molar-refractivity contribution in [1.29, 1.82) is 0 Å². The third kappa shape index (κ3) is 1.93. The monoisotopic (exact) mass is 273 g/mol. The molecular formula is C16H16FNO2. The van der Waals surface area contributed by atoms with Gasteiger partial charge in [-0.25, -0.2) is 4.39 Å². The van der Waals surface area contributed by atoms with Crippen LogP contribution in [0.2, 0.25) is 0 Å². The lowest BCUT2D eigenvalue weighted by molar-refractivity contribution is 0.489. The van der Waals surface area contributed by atoms with Crippen LogP contribution >= 0.6 is 0 Å². The summed E-state index contributed by atoms with van der Waals surface area (Å²) in [6, 6.07) is 5.79. The summed E-state index contributed by atoms with van der Waals surface area (Å²) in [5.41, 5.74) is 8.88. The van der Waals surface area contributed by atoms with E-state index in [2.05, 4.69) is 0 Å². The Labute approximate surface area is 116 Å². The molecule has 3 nitrogen and oxygen atoms in total. The maximum absolute atomic E-state index is 13.2. The zero-order valence-electron chi connectivity index (χ0n) is 11.7. The number of nitrogens with two attached hydrogens (primary N) is 1. The number of hydrogen-bond acceptors (Lipinski definition) is 3. The van der Waals surface area contributed by atoms with E-state index < -0.39 is 6.04 Å². The first-order valence-electron chi connectivity index (χ1n) is 6.48. The molecule has 3 aromatic rings. The molecule has 0 aliphatic heterocycles. The minimum atomic E-state index is -0.414. The van der Waals surface area contributed by atoms with Gasteiger partial charge < -0.3 is 14.6 Å². The molecule has 0 aliphatic rings. The maximum Gasteiger partial charge on any atom is 0.134 e. The molecule has 2 aromatic heterocycles. The Bertz CT molecular complexity index is 785. The molecule has 104 valence electrons. The Hall–Kier alpha value is -2.07. The fourth-order valence-corrected chi connectivity index (χ4v) is 2.60. The van der Waals surface area contributed by atoms with Gasteiger partial charge in [-0.05, 0) is 50.6 Å². The first-order valence-corrected chi connectivity index (χ1v) is 6.48. The van der Waals surface area contributed by atoms with Gasteiger partial charge >= 0.3 is 0 Å². The van der Waals surface area contributed by atoms with Gasteiger partial charge in [0.05, 0.1) is 6.04 Å². The van der Waals surface area contributed by atoms with E-state index in [4.69, 9.17) is 14.6 Å². The van der Waals surface area contributed by atoms with Crippen LogP contribution in [0.25, 0.3) is 11.0 Å². The van der Waals surface area contributed by atoms with Crippen LogP contribution in [-0.2, 0) is 0 Å². The molecule has 0 fully saturated rings. The van der Waals surface area contributed by atoms with Gasteiger partial charge in [0.1, 0.15) is 28.7 Å². The summed E-state index contributed by atoms with van der Waals surface area (Å²) >= 11 is 0. The minimum absolute atomic E-state index is 0.287. The summed E-state index contributed by atoms with van der Waals surface area (Å²) in [5, 5.41) is 0.714. The van der Waals surface area contributed by atoms with Gasteiger partial charge in [-0.1, -0.05) is 0 Å². The fraction of sp³-hybridized carbons (Fsp3) is 0.250. The lowest BCUT2D eigenvalue weighted by Crippen LogP contribution is -2.12. The zero-order chi connectivity index (χ0) is 14.4. The van der Waals surface area contributed by atoms with Gasteiger partial charge in [0.2, 0.25) is 0 Å². The maximum atomic E-state index is 13.2. The van der Waals surface area contributed by atoms with Crippen LogP contribution in [-0.4, -0.2) is 0 Å². The van der Waals surface area contributed by atoms with Crippen LogP contribution in [0, 0.1) is 26.6 Å². The van der Waals surface area contributed by atoms with Gasteiger partial charge in [0.25, 0.3) is 0 Å². The highest BCUT2D eigenvalue weighted by molar-refractivity contribution is 5.78. The number of hydrogen-bond donors (Lipinski definition) is 1. The van der Waals surface area contributed by atoms with Gasteiger partial charge in [-0.2, -0.15) is 0 Å². The third-order valence-electron chi connectivity index (χ3n) is 3.73. The first kappa shape index (κ1) is 12.9. The largest absolute Gasteiger partial charge is 0.466 e. The lowest BCUT2D eigenvalue weighted by atomic mass is 10.0. The predicted octanol–water partition coefficient (Wildman–Crippen LogP) is 4.14. The van der Waals surface area contributed by atoms with E-state index in [0.717, 1.165) is 22.6 Å². The number of furan rings is 2. The van der Waals surface area contributed by atoms with E-state index in [1.54, 1.807) is 12.1 Å². The Morgan fingerprint density at radius 3 is 2.45 bits per heavy atom. The van der Waals surface area contributed by atoms with Crippen LogP contribution in [0.15, 0.2) is 33.1 Å². The molecule has 2 heterocycles. The smallest absolute Gasteiger partial charge is 0.134 e. The molecule has 0 aliphatic carbocycles. The van der Waals surface area contributed by atoms with Crippen molar-refractivity contribution in [2.75, 3.05) is 0 Å². The molecule has 0 saturated heterocycles. The van der Waals surface area contributed by atoms with Crippen LogP contribution in [0.3, 0.4) is 0 Å². The van der Waals surface area contributed by atoms with E-state index in [1.807, 2.05) is 20.8 Å². The number of aryl methyl sites for hydroxylation is 2. The van der Waals surface area contributed by atoms with Crippen LogP contribution in [0.5, 0.6) is 0 Å². The Balaban J connectivity index is 2.10. The standard InChI is InChI=1S/C16H16FNO2/c1-8-9(2)19-10(3)15(8)16(18)14-7-11-6-12(17)4-5-13(11)20-14/h4-7,16H,18H2,1-3H3. The summed E-state index contributed by atoms with van der Waals surface area (Å²) in [6.45, 7) is 5.77. The molecule has 1 unspecified atom stereocenters. The third-order valence-corrected chi connectivity index (χ3v) is 3.73. The molecule has 0 bridgehead atoms. The molecule has 1 aromatic carbocycles. The number of halogens is 1. The average Bonchev–Trinajstić information content (AvgIpc) is 2.91. The molecule has 2 N–H and O–H groups in total. The Morgan fingerprint density at radius 1 is 1.05 bits per heavy atom. The molecule has 0 radical (unpaired) electrons. The second-order valence-electron chi connectivity index (χ2n) is 5.06. The highest BCUT2D eigenvalue weighted by atomic mass is 19.1. The second kappa shape index (κ2) is 4.49. The van der Waals surface area contributed by atoms with Crippen molar-refractivity contribution in [2.24, 2.45) is 5.73 Å². The zero-order valence-corrected chi connectivity index (χ0v) is 11.7. The molecule has 3 rings (SSSR count). The average molecular weight is 273 g/mol. The van der Waals surface area contributed by atoms with Crippen LogP contribution in [0.1, 0.15) is 34.4 Å². The van der Waals surface area contributed by atoms with Crippen molar-refractivity contribution in [3.8, 4) is 0 Å². The van der Waals surface area contributed by atoms with Crippen molar-refractivity contribution < 1.29 is 13.2 Å². The van der Waals surface area contributed by atoms with E-state index in [0.29, 0.717) is 16.7 Å². The van der Waals surface area contributed by atoms with Crippen molar-refractivity contribution in [3.63, 3.8) is 0 Å².